The molecule has 0 amide bonds. The van der Waals surface area contributed by atoms with Crippen molar-refractivity contribution in [1.82, 2.24) is 0 Å². The van der Waals surface area contributed by atoms with Crippen LogP contribution < -0.4 is 0 Å². The predicted molar refractivity (Wildman–Crippen MR) is 118 cm³/mol. The number of hydrogen-bond donors (Lipinski definition) is 4. The summed E-state index contributed by atoms with van der Waals surface area (Å²) in [6.07, 6.45) is -2.28. The van der Waals surface area contributed by atoms with Gasteiger partial charge in [0.05, 0.1) is 6.61 Å². The number of Topliss-reactive ketones (excluding diaryl/α,β-unsaturated/α-hetero) is 1. The largest absolute Gasteiger partial charge is 0.394 e. The average molecular weight is 421 g/mol. The summed E-state index contributed by atoms with van der Waals surface area (Å²) in [5, 5.41) is 43.9. The minimum absolute atomic E-state index is 0.126. The van der Waals surface area contributed by atoms with Gasteiger partial charge < -0.3 is 20.4 Å². The lowest BCUT2D eigenvalue weighted by Crippen LogP contribution is -2.68. The van der Waals surface area contributed by atoms with E-state index in [-0.39, 0.29) is 19.3 Å². The maximum absolute atomic E-state index is 13.5. The first kappa shape index (κ1) is 22.8. The smallest absolute Gasteiger partial charge is 0.172 e. The van der Waals surface area contributed by atoms with Crippen molar-refractivity contribution in [3.63, 3.8) is 0 Å². The molecule has 3 rings (SSSR count). The Labute approximate surface area is 182 Å². The highest BCUT2D eigenvalue weighted by Gasteiger charge is 2.57. The molecule has 0 saturated carbocycles. The highest BCUT2D eigenvalue weighted by Crippen LogP contribution is 2.35. The van der Waals surface area contributed by atoms with E-state index in [4.69, 9.17) is 0 Å². The Kier molecular flexibility index (Phi) is 7.36. The van der Waals surface area contributed by atoms with Crippen LogP contribution in [0.15, 0.2) is 91.0 Å². The minimum atomic E-state index is -2.35. The molecular formula is C26H28O5. The van der Waals surface area contributed by atoms with Gasteiger partial charge in [0.2, 0.25) is 0 Å². The molecular weight excluding hydrogens is 392 g/mol. The molecule has 0 saturated heterocycles. The van der Waals surface area contributed by atoms with Gasteiger partial charge >= 0.3 is 0 Å². The molecule has 0 heterocycles. The number of carbonyl (C=O) groups excluding carboxylic acids is 1. The van der Waals surface area contributed by atoms with Gasteiger partial charge in [-0.3, -0.25) is 4.79 Å². The van der Waals surface area contributed by atoms with Gasteiger partial charge in [-0.25, -0.2) is 0 Å². The summed E-state index contributed by atoms with van der Waals surface area (Å²) in [7, 11) is 0. The first-order valence-corrected chi connectivity index (χ1v) is 10.3. The van der Waals surface area contributed by atoms with Crippen LogP contribution in [0, 0.1) is 0 Å². The molecule has 3 atom stereocenters. The van der Waals surface area contributed by atoms with Gasteiger partial charge in [-0.1, -0.05) is 91.0 Å². The van der Waals surface area contributed by atoms with Gasteiger partial charge in [-0.2, -0.15) is 0 Å². The van der Waals surface area contributed by atoms with Gasteiger partial charge in [0, 0.05) is 19.3 Å². The van der Waals surface area contributed by atoms with E-state index in [0.29, 0.717) is 16.7 Å². The van der Waals surface area contributed by atoms with E-state index in [1.165, 1.54) is 0 Å². The normalized spacial score (nSPS) is 16.1. The van der Waals surface area contributed by atoms with Crippen LogP contribution in [-0.2, 0) is 24.1 Å². The van der Waals surface area contributed by atoms with Gasteiger partial charge in [0.1, 0.15) is 11.7 Å². The average Bonchev–Trinajstić information content (AvgIpc) is 2.80. The van der Waals surface area contributed by atoms with E-state index >= 15 is 0 Å². The second-order valence-electron chi connectivity index (χ2n) is 7.89. The lowest BCUT2D eigenvalue weighted by molar-refractivity contribution is -0.209. The Morgan fingerprint density at radius 3 is 1.58 bits per heavy atom. The van der Waals surface area contributed by atoms with Crippen LogP contribution in [0.4, 0.5) is 0 Å². The fraction of sp³-hybridized carbons (Fsp3) is 0.269. The van der Waals surface area contributed by atoms with Gasteiger partial charge in [-0.15, -0.1) is 0 Å². The van der Waals surface area contributed by atoms with Crippen LogP contribution in [0.25, 0.3) is 0 Å². The van der Waals surface area contributed by atoms with Crippen molar-refractivity contribution in [3.8, 4) is 0 Å². The summed E-state index contributed by atoms with van der Waals surface area (Å²) in [6.45, 7) is -0.806. The fourth-order valence-electron chi connectivity index (χ4n) is 3.91. The third-order valence-corrected chi connectivity index (χ3v) is 5.73. The van der Waals surface area contributed by atoms with E-state index in [0.717, 1.165) is 0 Å². The van der Waals surface area contributed by atoms with Gasteiger partial charge in [0.15, 0.2) is 11.4 Å². The molecule has 0 aliphatic carbocycles. The van der Waals surface area contributed by atoms with Crippen LogP contribution >= 0.6 is 0 Å². The van der Waals surface area contributed by atoms with Gasteiger partial charge in [0.25, 0.3) is 0 Å². The molecule has 0 bridgehead atoms. The van der Waals surface area contributed by atoms with E-state index < -0.39 is 29.7 Å². The quantitative estimate of drug-likeness (QED) is 0.403. The van der Waals surface area contributed by atoms with E-state index in [1.807, 2.05) is 18.2 Å². The number of rotatable bonds is 10. The Balaban J connectivity index is 2.07. The number of aliphatic hydroxyl groups excluding tert-OH is 2. The summed E-state index contributed by atoms with van der Waals surface area (Å²) in [4.78, 5) is 13.5. The minimum Gasteiger partial charge on any atom is -0.394 e. The molecule has 0 aromatic heterocycles. The third-order valence-electron chi connectivity index (χ3n) is 5.73. The molecule has 0 fully saturated rings. The fourth-order valence-corrected chi connectivity index (χ4v) is 3.91. The maximum atomic E-state index is 13.5. The molecule has 0 aliphatic heterocycles. The zero-order valence-corrected chi connectivity index (χ0v) is 17.3. The highest BCUT2D eigenvalue weighted by atomic mass is 16.4. The van der Waals surface area contributed by atoms with Crippen LogP contribution in [0.2, 0.25) is 0 Å². The Morgan fingerprint density at radius 2 is 1.13 bits per heavy atom. The number of aliphatic hydroxyl groups is 4. The molecule has 0 spiro atoms. The summed E-state index contributed by atoms with van der Waals surface area (Å²) in [5.41, 5.74) is -2.73. The number of ketones is 1. The zero-order valence-electron chi connectivity index (χ0n) is 17.3. The van der Waals surface area contributed by atoms with E-state index in [1.54, 1.807) is 72.8 Å². The lowest BCUT2D eigenvalue weighted by Gasteiger charge is -2.45. The molecule has 4 N–H and O–H groups in total. The summed E-state index contributed by atoms with van der Waals surface area (Å²) < 4.78 is 0. The molecule has 0 radical (unpaired) electrons. The molecule has 0 aliphatic rings. The summed E-state index contributed by atoms with van der Waals surface area (Å²) in [6, 6.07) is 26.6. The molecule has 5 heteroatoms. The van der Waals surface area contributed by atoms with Crippen molar-refractivity contribution in [1.29, 1.82) is 0 Å². The Bertz CT molecular complexity index is 961. The SMILES string of the molecule is O=C(Cc1ccccc1)[C@](O)(Cc1ccccc1)[C@@](O)(Cc1ccccc1)[C@@H](O)CO. The van der Waals surface area contributed by atoms with Crippen molar-refractivity contribution in [3.05, 3.63) is 108 Å². The zero-order chi connectivity index (χ0) is 22.3. The lowest BCUT2D eigenvalue weighted by atomic mass is 9.68. The Hall–Kier alpha value is -2.83. The summed E-state index contributed by atoms with van der Waals surface area (Å²) in [5.74, 6) is -0.631. The topological polar surface area (TPSA) is 98.0 Å². The number of carbonyl (C=O) groups is 1. The van der Waals surface area contributed by atoms with Crippen molar-refractivity contribution in [2.75, 3.05) is 6.61 Å². The highest BCUT2D eigenvalue weighted by molar-refractivity contribution is 5.91. The first-order valence-electron chi connectivity index (χ1n) is 10.3. The second-order valence-corrected chi connectivity index (χ2v) is 7.89. The van der Waals surface area contributed by atoms with Crippen LogP contribution in [0.5, 0.6) is 0 Å². The molecule has 31 heavy (non-hydrogen) atoms. The number of hydrogen-bond acceptors (Lipinski definition) is 5. The second kappa shape index (κ2) is 9.98. The van der Waals surface area contributed by atoms with Gasteiger partial charge in [-0.05, 0) is 16.7 Å². The van der Waals surface area contributed by atoms with Crippen LogP contribution in [0.1, 0.15) is 16.7 Å². The van der Waals surface area contributed by atoms with E-state index in [2.05, 4.69) is 0 Å². The predicted octanol–water partition coefficient (Wildman–Crippen LogP) is 2.10. The van der Waals surface area contributed by atoms with Crippen molar-refractivity contribution in [2.45, 2.75) is 36.6 Å². The third kappa shape index (κ3) is 5.09. The van der Waals surface area contributed by atoms with Crippen molar-refractivity contribution in [2.24, 2.45) is 0 Å². The Morgan fingerprint density at radius 1 is 0.710 bits per heavy atom. The molecule has 5 nitrogen and oxygen atoms in total. The first-order chi connectivity index (χ1) is 14.9. The van der Waals surface area contributed by atoms with Crippen molar-refractivity contribution >= 4 is 5.78 Å². The molecule has 3 aromatic carbocycles. The monoisotopic (exact) mass is 420 g/mol. The van der Waals surface area contributed by atoms with E-state index in [9.17, 15) is 25.2 Å². The standard InChI is InChI=1S/C26H28O5/c27-19-24(29)26(31,18-22-14-8-3-9-15-22)25(30,17-21-12-6-2-7-13-21)23(28)16-20-10-4-1-5-11-20/h1-15,24,27,29-31H,16-19H2/t24-,25+,26+/m0/s1. The van der Waals surface area contributed by atoms with Crippen molar-refractivity contribution < 1.29 is 25.2 Å². The van der Waals surface area contributed by atoms with Crippen LogP contribution in [0.3, 0.4) is 0 Å². The molecule has 0 unspecified atom stereocenters. The maximum Gasteiger partial charge on any atom is 0.172 e. The van der Waals surface area contributed by atoms with Crippen LogP contribution in [-0.4, -0.2) is 50.1 Å². The molecule has 162 valence electrons. The molecule has 3 aromatic rings. The number of benzene rings is 3. The summed E-state index contributed by atoms with van der Waals surface area (Å²) >= 11 is 0.